The number of ether oxygens (including phenoxy) is 1. The Hall–Kier alpha value is -2.34. The number of nitriles is 1. The van der Waals surface area contributed by atoms with Crippen LogP contribution in [-0.4, -0.2) is 33.9 Å². The van der Waals surface area contributed by atoms with E-state index < -0.39 is 0 Å². The summed E-state index contributed by atoms with van der Waals surface area (Å²) in [6.45, 7) is 2.18. The SMILES string of the molecule is CCCCSCSc1nc(-c2nccs2)cc(-c2ccc(CC(=O)OC)cc2)c1C#N. The quantitative estimate of drug-likeness (QED) is 0.155. The molecular weight excluding hydrogens is 446 g/mol. The zero-order valence-corrected chi connectivity index (χ0v) is 19.9. The lowest BCUT2D eigenvalue weighted by atomic mass is 9.99. The first-order valence-electron chi connectivity index (χ1n) is 9.88. The number of benzene rings is 1. The van der Waals surface area contributed by atoms with E-state index in [1.54, 1.807) is 18.0 Å². The summed E-state index contributed by atoms with van der Waals surface area (Å²) in [6.07, 6.45) is 4.34. The van der Waals surface area contributed by atoms with Crippen molar-refractivity contribution in [3.63, 3.8) is 0 Å². The van der Waals surface area contributed by atoms with E-state index in [0.29, 0.717) is 5.56 Å². The number of hydrogen-bond donors (Lipinski definition) is 0. The number of carbonyl (C=O) groups is 1. The minimum Gasteiger partial charge on any atom is -0.469 e. The van der Waals surface area contributed by atoms with Gasteiger partial charge in [-0.05, 0) is 29.4 Å². The number of thioether (sulfide) groups is 2. The van der Waals surface area contributed by atoms with Gasteiger partial charge < -0.3 is 4.74 Å². The molecule has 0 unspecified atom stereocenters. The van der Waals surface area contributed by atoms with Gasteiger partial charge in [0, 0.05) is 22.2 Å². The lowest BCUT2D eigenvalue weighted by Gasteiger charge is -2.12. The second-order valence-corrected chi connectivity index (χ2v) is 9.99. The molecule has 0 aliphatic heterocycles. The van der Waals surface area contributed by atoms with E-state index in [1.807, 2.05) is 47.5 Å². The predicted octanol–water partition coefficient (Wildman–Crippen LogP) is 6.04. The number of thiazole rings is 1. The summed E-state index contributed by atoms with van der Waals surface area (Å²) >= 11 is 4.99. The molecule has 0 aliphatic rings. The zero-order valence-electron chi connectivity index (χ0n) is 17.5. The van der Waals surface area contributed by atoms with Crippen LogP contribution in [0.25, 0.3) is 21.8 Å². The van der Waals surface area contributed by atoms with E-state index in [0.717, 1.165) is 43.3 Å². The number of unbranched alkanes of at least 4 members (excludes halogenated alkanes) is 1. The Bertz CT molecular complexity index is 1050. The third-order valence-electron chi connectivity index (χ3n) is 4.51. The molecule has 160 valence electrons. The van der Waals surface area contributed by atoms with Crippen molar-refractivity contribution >= 4 is 40.8 Å². The van der Waals surface area contributed by atoms with Gasteiger partial charge in [0.15, 0.2) is 0 Å². The average Bonchev–Trinajstić information content (AvgIpc) is 3.34. The molecule has 3 rings (SSSR count). The molecular formula is C23H23N3O2S3. The summed E-state index contributed by atoms with van der Waals surface area (Å²) < 4.78 is 4.74. The third-order valence-corrected chi connectivity index (χ3v) is 7.59. The topological polar surface area (TPSA) is 75.9 Å². The average molecular weight is 470 g/mol. The number of nitrogens with zero attached hydrogens (tertiary/aromatic N) is 3. The molecule has 0 atom stereocenters. The molecule has 31 heavy (non-hydrogen) atoms. The van der Waals surface area contributed by atoms with Crippen molar-refractivity contribution < 1.29 is 9.53 Å². The Balaban J connectivity index is 1.95. The van der Waals surface area contributed by atoms with Crippen LogP contribution in [0.3, 0.4) is 0 Å². The fourth-order valence-corrected chi connectivity index (χ4v) is 5.67. The first kappa shape index (κ1) is 23.3. The van der Waals surface area contributed by atoms with Gasteiger partial charge in [-0.3, -0.25) is 4.79 Å². The molecule has 5 nitrogen and oxygen atoms in total. The molecule has 3 aromatic rings. The van der Waals surface area contributed by atoms with Crippen molar-refractivity contribution in [1.82, 2.24) is 9.97 Å². The number of hydrogen-bond acceptors (Lipinski definition) is 8. The summed E-state index contributed by atoms with van der Waals surface area (Å²) in [6, 6.07) is 11.9. The Labute approximate surface area is 195 Å². The standard InChI is InChI=1S/C23H23N3O2S3/c1-3-4-10-29-15-31-22-19(14-24)18(13-20(26-22)23-25-9-11-30-23)17-7-5-16(6-8-17)12-21(27)28-2/h5-9,11,13H,3-4,10,12,15H2,1-2H3. The van der Waals surface area contributed by atoms with Gasteiger partial charge in [-0.15, -0.1) is 11.3 Å². The van der Waals surface area contributed by atoms with Crippen LogP contribution in [0.5, 0.6) is 0 Å². The lowest BCUT2D eigenvalue weighted by Crippen LogP contribution is -2.04. The molecule has 0 bridgehead atoms. The molecule has 2 aromatic heterocycles. The maximum atomic E-state index is 11.5. The zero-order chi connectivity index (χ0) is 22.1. The van der Waals surface area contributed by atoms with E-state index in [2.05, 4.69) is 18.0 Å². The molecule has 1 aromatic carbocycles. The van der Waals surface area contributed by atoms with Gasteiger partial charge in [-0.1, -0.05) is 49.4 Å². The number of aromatic nitrogens is 2. The first-order valence-corrected chi connectivity index (χ1v) is 12.9. The minimum absolute atomic E-state index is 0.221. The fourth-order valence-electron chi connectivity index (χ4n) is 2.87. The summed E-state index contributed by atoms with van der Waals surface area (Å²) in [5, 5.41) is 14.3. The lowest BCUT2D eigenvalue weighted by molar-refractivity contribution is -0.139. The first-order chi connectivity index (χ1) is 15.2. The van der Waals surface area contributed by atoms with Crippen LogP contribution in [0.2, 0.25) is 0 Å². The molecule has 0 aliphatic carbocycles. The van der Waals surface area contributed by atoms with Gasteiger partial charge in [0.05, 0.1) is 19.1 Å². The van der Waals surface area contributed by atoms with Crippen LogP contribution in [0.15, 0.2) is 46.9 Å². The monoisotopic (exact) mass is 469 g/mol. The summed E-state index contributed by atoms with van der Waals surface area (Å²) in [7, 11) is 1.38. The van der Waals surface area contributed by atoms with Crippen molar-refractivity contribution in [2.45, 2.75) is 31.2 Å². The largest absolute Gasteiger partial charge is 0.469 e. The predicted molar refractivity (Wildman–Crippen MR) is 129 cm³/mol. The molecule has 0 spiro atoms. The van der Waals surface area contributed by atoms with Gasteiger partial charge in [0.25, 0.3) is 0 Å². The number of methoxy groups -OCH3 is 1. The van der Waals surface area contributed by atoms with Crippen LogP contribution in [0, 0.1) is 11.3 Å². The van der Waals surface area contributed by atoms with Crippen LogP contribution in [-0.2, 0) is 16.0 Å². The van der Waals surface area contributed by atoms with Crippen molar-refractivity contribution in [3.8, 4) is 27.9 Å². The number of pyridine rings is 1. The normalized spacial score (nSPS) is 10.6. The molecule has 0 amide bonds. The van der Waals surface area contributed by atoms with Gasteiger partial charge >= 0.3 is 5.97 Å². The van der Waals surface area contributed by atoms with Crippen molar-refractivity contribution in [2.24, 2.45) is 0 Å². The van der Waals surface area contributed by atoms with E-state index in [4.69, 9.17) is 9.72 Å². The molecule has 8 heteroatoms. The molecule has 0 N–H and O–H groups in total. The maximum Gasteiger partial charge on any atom is 0.309 e. The summed E-state index contributed by atoms with van der Waals surface area (Å²) in [4.78, 5) is 20.7. The number of carbonyl (C=O) groups excluding carboxylic acids is 1. The molecule has 0 radical (unpaired) electrons. The van der Waals surface area contributed by atoms with Gasteiger partial charge in [0.1, 0.15) is 21.8 Å². The van der Waals surface area contributed by atoms with Crippen molar-refractivity contribution in [3.05, 3.63) is 53.0 Å². The van der Waals surface area contributed by atoms with Gasteiger partial charge in [-0.2, -0.15) is 17.0 Å². The van der Waals surface area contributed by atoms with Crippen LogP contribution < -0.4 is 0 Å². The van der Waals surface area contributed by atoms with Crippen molar-refractivity contribution in [2.75, 3.05) is 17.9 Å². The Morgan fingerprint density at radius 2 is 2.10 bits per heavy atom. The van der Waals surface area contributed by atoms with Crippen LogP contribution in [0.1, 0.15) is 30.9 Å². The molecule has 2 heterocycles. The van der Waals surface area contributed by atoms with E-state index in [9.17, 15) is 10.1 Å². The van der Waals surface area contributed by atoms with Crippen LogP contribution >= 0.6 is 34.9 Å². The minimum atomic E-state index is -0.278. The molecule has 0 fully saturated rings. The summed E-state index contributed by atoms with van der Waals surface area (Å²) in [5.41, 5.74) is 3.94. The maximum absolute atomic E-state index is 11.5. The van der Waals surface area contributed by atoms with Crippen LogP contribution in [0.4, 0.5) is 0 Å². The highest BCUT2D eigenvalue weighted by Gasteiger charge is 2.17. The smallest absolute Gasteiger partial charge is 0.309 e. The summed E-state index contributed by atoms with van der Waals surface area (Å²) in [5.74, 6) is 0.825. The Morgan fingerprint density at radius 3 is 2.74 bits per heavy atom. The Kier molecular flexibility index (Phi) is 8.95. The van der Waals surface area contributed by atoms with Gasteiger partial charge in [0.2, 0.25) is 0 Å². The van der Waals surface area contributed by atoms with E-state index in [1.165, 1.54) is 31.3 Å². The van der Waals surface area contributed by atoms with E-state index in [-0.39, 0.29) is 12.4 Å². The highest BCUT2D eigenvalue weighted by Crippen LogP contribution is 2.35. The third kappa shape index (κ3) is 6.33. The van der Waals surface area contributed by atoms with E-state index >= 15 is 0 Å². The second-order valence-electron chi connectivity index (χ2n) is 6.66. The number of esters is 1. The van der Waals surface area contributed by atoms with Gasteiger partial charge in [-0.25, -0.2) is 9.97 Å². The highest BCUT2D eigenvalue weighted by molar-refractivity contribution is 8.16. The Morgan fingerprint density at radius 1 is 1.29 bits per heavy atom. The molecule has 0 saturated heterocycles. The number of rotatable bonds is 10. The molecule has 0 saturated carbocycles. The fraction of sp³-hybridized carbons (Fsp3) is 0.304. The van der Waals surface area contributed by atoms with Crippen molar-refractivity contribution in [1.29, 1.82) is 5.26 Å². The second kappa shape index (κ2) is 11.9. The highest BCUT2D eigenvalue weighted by atomic mass is 32.2.